The van der Waals surface area contributed by atoms with Crippen molar-refractivity contribution in [2.45, 2.75) is 20.8 Å². The molecule has 25 heavy (non-hydrogen) atoms. The highest BCUT2D eigenvalue weighted by atomic mass is 16.1. The molecule has 1 aromatic carbocycles. The minimum atomic E-state index is -0.102. The Morgan fingerprint density at radius 1 is 1.12 bits per heavy atom. The Labute approximate surface area is 147 Å². The highest BCUT2D eigenvalue weighted by Crippen LogP contribution is 2.18. The van der Waals surface area contributed by atoms with Crippen LogP contribution in [0.15, 0.2) is 58.4 Å². The predicted octanol–water partition coefficient (Wildman–Crippen LogP) is 3.60. The summed E-state index contributed by atoms with van der Waals surface area (Å²) < 4.78 is 1.59. The zero-order valence-corrected chi connectivity index (χ0v) is 14.8. The van der Waals surface area contributed by atoms with Crippen LogP contribution in [0.2, 0.25) is 0 Å². The van der Waals surface area contributed by atoms with Crippen molar-refractivity contribution in [3.05, 3.63) is 70.1 Å². The van der Waals surface area contributed by atoms with Crippen molar-refractivity contribution in [2.24, 2.45) is 4.99 Å². The van der Waals surface area contributed by atoms with Gasteiger partial charge < -0.3 is 4.90 Å². The van der Waals surface area contributed by atoms with Crippen molar-refractivity contribution < 1.29 is 0 Å². The Balaban J connectivity index is 2.24. The third kappa shape index (κ3) is 3.31. The molecule has 0 N–H and O–H groups in total. The van der Waals surface area contributed by atoms with E-state index in [-0.39, 0.29) is 5.56 Å². The fourth-order valence-corrected chi connectivity index (χ4v) is 2.83. The van der Waals surface area contributed by atoms with E-state index < -0.39 is 0 Å². The molecule has 3 aromatic rings. The summed E-state index contributed by atoms with van der Waals surface area (Å²) in [6.07, 6.45) is 3.39. The average molecular weight is 334 g/mol. The normalized spacial score (nSPS) is 11.3. The van der Waals surface area contributed by atoms with Gasteiger partial charge in [-0.2, -0.15) is 0 Å². The molecule has 0 aliphatic rings. The number of hydrogen-bond donors (Lipinski definition) is 0. The van der Waals surface area contributed by atoms with Gasteiger partial charge in [-0.1, -0.05) is 24.3 Å². The predicted molar refractivity (Wildman–Crippen MR) is 103 cm³/mol. The molecular weight excluding hydrogens is 312 g/mol. The zero-order chi connectivity index (χ0) is 17.8. The Bertz CT molecular complexity index is 957. The second-order valence-corrected chi connectivity index (χ2v) is 5.81. The maximum absolute atomic E-state index is 13.1. The number of nitrogens with zero attached hydrogens (tertiary/aromatic N) is 4. The summed E-state index contributed by atoms with van der Waals surface area (Å²) in [5.74, 6) is 0.684. The molecule has 2 heterocycles. The van der Waals surface area contributed by atoms with Crippen molar-refractivity contribution in [1.29, 1.82) is 0 Å². The topological polar surface area (TPSA) is 50.0 Å². The number of benzene rings is 1. The number of pyridine rings is 1. The Hall–Kier alpha value is -2.95. The van der Waals surface area contributed by atoms with Gasteiger partial charge in [-0.3, -0.25) is 14.2 Å². The Morgan fingerprint density at radius 2 is 1.84 bits per heavy atom. The molecule has 2 aromatic heterocycles. The summed E-state index contributed by atoms with van der Waals surface area (Å²) in [6.45, 7) is 7.63. The van der Waals surface area contributed by atoms with Crippen LogP contribution in [0.1, 0.15) is 25.0 Å². The van der Waals surface area contributed by atoms with Gasteiger partial charge >= 0.3 is 0 Å². The molecule has 0 fully saturated rings. The highest BCUT2D eigenvalue weighted by molar-refractivity contribution is 5.88. The first-order valence-electron chi connectivity index (χ1n) is 8.51. The number of aryl methyl sites for hydroxylation is 1. The van der Waals surface area contributed by atoms with Crippen molar-refractivity contribution >= 4 is 23.4 Å². The van der Waals surface area contributed by atoms with Gasteiger partial charge in [0.1, 0.15) is 17.0 Å². The fourth-order valence-electron chi connectivity index (χ4n) is 2.83. The fraction of sp³-hybridized carbons (Fsp3) is 0.250. The van der Waals surface area contributed by atoms with Gasteiger partial charge in [0.25, 0.3) is 5.56 Å². The van der Waals surface area contributed by atoms with Crippen LogP contribution < -0.4 is 10.5 Å². The van der Waals surface area contributed by atoms with E-state index in [1.165, 1.54) is 0 Å². The SMILES string of the molecule is CCN(CC)c1nc2c(C)cccn2c(=O)c1C=Nc1ccccc1. The van der Waals surface area contributed by atoms with Gasteiger partial charge in [-0.15, -0.1) is 0 Å². The second-order valence-electron chi connectivity index (χ2n) is 5.81. The van der Waals surface area contributed by atoms with Crippen molar-refractivity contribution in [2.75, 3.05) is 18.0 Å². The number of aliphatic imine (C=N–C) groups is 1. The van der Waals surface area contributed by atoms with Gasteiger partial charge in [0.05, 0.1) is 5.69 Å². The molecule has 5 nitrogen and oxygen atoms in total. The molecule has 0 aliphatic carbocycles. The van der Waals surface area contributed by atoms with E-state index in [0.29, 0.717) is 17.0 Å². The molecule has 0 bridgehead atoms. The molecule has 0 spiro atoms. The molecular formula is C20H22N4O. The van der Waals surface area contributed by atoms with Gasteiger partial charge in [-0.25, -0.2) is 4.98 Å². The van der Waals surface area contributed by atoms with Crippen LogP contribution in [0.3, 0.4) is 0 Å². The van der Waals surface area contributed by atoms with Gasteiger partial charge in [0.2, 0.25) is 0 Å². The Kier molecular flexibility index (Phi) is 4.93. The maximum atomic E-state index is 13.1. The lowest BCUT2D eigenvalue weighted by Crippen LogP contribution is -2.30. The first-order chi connectivity index (χ1) is 12.2. The largest absolute Gasteiger partial charge is 0.356 e. The third-order valence-corrected chi connectivity index (χ3v) is 4.23. The molecule has 128 valence electrons. The number of hydrogen-bond acceptors (Lipinski definition) is 4. The summed E-state index contributed by atoms with van der Waals surface area (Å²) >= 11 is 0. The first kappa shape index (κ1) is 16.9. The molecule has 0 atom stereocenters. The summed E-state index contributed by atoms with van der Waals surface area (Å²) in [5, 5.41) is 0. The number of rotatable bonds is 5. The maximum Gasteiger partial charge on any atom is 0.268 e. The summed E-state index contributed by atoms with van der Waals surface area (Å²) in [6, 6.07) is 13.4. The van der Waals surface area contributed by atoms with Crippen LogP contribution in [0, 0.1) is 6.92 Å². The van der Waals surface area contributed by atoms with E-state index >= 15 is 0 Å². The van der Waals surface area contributed by atoms with Crippen LogP contribution in [0.4, 0.5) is 11.5 Å². The van der Waals surface area contributed by atoms with E-state index in [0.717, 1.165) is 24.3 Å². The molecule has 0 aliphatic heterocycles. The van der Waals surface area contributed by atoms with Crippen molar-refractivity contribution in [3.8, 4) is 0 Å². The lowest BCUT2D eigenvalue weighted by Gasteiger charge is -2.22. The van der Waals surface area contributed by atoms with Gasteiger partial charge in [0, 0.05) is 25.5 Å². The van der Waals surface area contributed by atoms with Crippen LogP contribution in [-0.2, 0) is 0 Å². The molecule has 0 unspecified atom stereocenters. The highest BCUT2D eigenvalue weighted by Gasteiger charge is 2.16. The van der Waals surface area contributed by atoms with Crippen molar-refractivity contribution in [1.82, 2.24) is 9.38 Å². The van der Waals surface area contributed by atoms with Gasteiger partial charge in [-0.05, 0) is 44.5 Å². The summed E-state index contributed by atoms with van der Waals surface area (Å²) in [4.78, 5) is 24.4. The molecule has 5 heteroatoms. The molecule has 0 saturated heterocycles. The molecule has 0 amide bonds. The smallest absolute Gasteiger partial charge is 0.268 e. The summed E-state index contributed by atoms with van der Waals surface area (Å²) in [5.41, 5.74) is 2.87. The van der Waals surface area contributed by atoms with Crippen LogP contribution in [-0.4, -0.2) is 28.7 Å². The van der Waals surface area contributed by atoms with E-state index in [2.05, 4.69) is 23.7 Å². The monoisotopic (exact) mass is 334 g/mol. The number of aromatic nitrogens is 2. The van der Waals surface area contributed by atoms with E-state index in [9.17, 15) is 4.79 Å². The van der Waals surface area contributed by atoms with E-state index in [1.807, 2.05) is 49.4 Å². The lowest BCUT2D eigenvalue weighted by atomic mass is 10.2. The lowest BCUT2D eigenvalue weighted by molar-refractivity contribution is 0.837. The average Bonchev–Trinajstić information content (AvgIpc) is 2.64. The van der Waals surface area contributed by atoms with Crippen molar-refractivity contribution in [3.63, 3.8) is 0 Å². The van der Waals surface area contributed by atoms with E-state index in [1.54, 1.807) is 16.8 Å². The molecule has 0 radical (unpaired) electrons. The quantitative estimate of drug-likeness (QED) is 0.670. The van der Waals surface area contributed by atoms with E-state index in [4.69, 9.17) is 4.98 Å². The Morgan fingerprint density at radius 3 is 2.52 bits per heavy atom. The van der Waals surface area contributed by atoms with Gasteiger partial charge in [0.15, 0.2) is 0 Å². The number of anilines is 1. The first-order valence-corrected chi connectivity index (χ1v) is 8.51. The van der Waals surface area contributed by atoms with Crippen LogP contribution in [0.5, 0.6) is 0 Å². The molecule has 3 rings (SSSR count). The van der Waals surface area contributed by atoms with Crippen LogP contribution >= 0.6 is 0 Å². The number of fused-ring (bicyclic) bond motifs is 1. The zero-order valence-electron chi connectivity index (χ0n) is 14.8. The molecule has 0 saturated carbocycles. The van der Waals surface area contributed by atoms with Crippen LogP contribution in [0.25, 0.3) is 5.65 Å². The standard InChI is InChI=1S/C20H22N4O/c1-4-23(5-2)19-17(14-21-16-11-7-6-8-12-16)20(25)24-13-9-10-15(3)18(24)22-19/h6-14H,4-5H2,1-3H3. The third-order valence-electron chi connectivity index (χ3n) is 4.23. The second kappa shape index (κ2) is 7.30. The minimum absolute atomic E-state index is 0.102. The summed E-state index contributed by atoms with van der Waals surface area (Å²) in [7, 11) is 0. The number of para-hydroxylation sites is 1. The minimum Gasteiger partial charge on any atom is -0.356 e.